The standard InChI is InChI=1S/C29H29F2N3O5/c1-15(30)13-37-18-9-10-19(20(31)11-18)26-27-21(12-29(4,5)14-38-27)33-25-22(7-6-8-23(25)35)34(26)28(36)24-16(2)39-17(3)32-24/h6-11,26,33,35H,1,12-14H2,2-5H3. The fraction of sp³-hybridized carbons (Fsp3) is 0.310. The highest BCUT2D eigenvalue weighted by molar-refractivity contribution is 6.09. The van der Waals surface area contributed by atoms with E-state index in [1.54, 1.807) is 26.0 Å². The van der Waals surface area contributed by atoms with Crippen molar-refractivity contribution in [3.63, 3.8) is 0 Å². The lowest BCUT2D eigenvalue weighted by molar-refractivity contribution is 0.0756. The van der Waals surface area contributed by atoms with Crippen molar-refractivity contribution in [3.05, 3.63) is 89.0 Å². The zero-order valence-corrected chi connectivity index (χ0v) is 22.1. The number of aromatic nitrogens is 1. The van der Waals surface area contributed by atoms with E-state index in [2.05, 4.69) is 16.9 Å². The van der Waals surface area contributed by atoms with E-state index in [0.717, 1.165) is 6.07 Å². The minimum atomic E-state index is -1.08. The maximum absolute atomic E-state index is 15.9. The number of phenolic OH excluding ortho intramolecular Hbond substituents is 1. The first-order chi connectivity index (χ1) is 18.4. The van der Waals surface area contributed by atoms with Crippen molar-refractivity contribution >= 4 is 17.3 Å². The number of carbonyl (C=O) groups is 1. The van der Waals surface area contributed by atoms with E-state index in [1.807, 2.05) is 13.8 Å². The summed E-state index contributed by atoms with van der Waals surface area (Å²) in [7, 11) is 0. The summed E-state index contributed by atoms with van der Waals surface area (Å²) in [6, 6.07) is 7.76. The van der Waals surface area contributed by atoms with Gasteiger partial charge < -0.3 is 24.3 Å². The number of fused-ring (bicyclic) bond motifs is 1. The molecule has 3 aromatic rings. The predicted molar refractivity (Wildman–Crippen MR) is 141 cm³/mol. The number of oxazole rings is 1. The van der Waals surface area contributed by atoms with Crippen LogP contribution < -0.4 is 15.0 Å². The average molecular weight is 538 g/mol. The van der Waals surface area contributed by atoms with Gasteiger partial charge in [-0.1, -0.05) is 26.5 Å². The predicted octanol–water partition coefficient (Wildman–Crippen LogP) is 6.47. The monoisotopic (exact) mass is 537 g/mol. The molecule has 10 heteroatoms. The van der Waals surface area contributed by atoms with E-state index >= 15 is 4.39 Å². The molecule has 3 heterocycles. The number of rotatable bonds is 5. The molecule has 1 aromatic heterocycles. The van der Waals surface area contributed by atoms with Gasteiger partial charge in [0.2, 0.25) is 0 Å². The summed E-state index contributed by atoms with van der Waals surface area (Å²) >= 11 is 0. The molecule has 0 aliphatic carbocycles. The van der Waals surface area contributed by atoms with E-state index in [-0.39, 0.29) is 33.9 Å². The number of halogens is 2. The number of aryl methyl sites for hydroxylation is 2. The van der Waals surface area contributed by atoms with Gasteiger partial charge in [0.15, 0.2) is 11.6 Å². The van der Waals surface area contributed by atoms with E-state index in [0.29, 0.717) is 41.8 Å². The molecule has 0 fully saturated rings. The van der Waals surface area contributed by atoms with Gasteiger partial charge in [0.25, 0.3) is 5.91 Å². The van der Waals surface area contributed by atoms with Gasteiger partial charge in [-0.05, 0) is 37.6 Å². The maximum Gasteiger partial charge on any atom is 0.281 e. The van der Waals surface area contributed by atoms with Gasteiger partial charge in [0, 0.05) is 24.0 Å². The number of anilines is 2. The number of amides is 1. The van der Waals surface area contributed by atoms with Crippen LogP contribution in [0.25, 0.3) is 0 Å². The normalized spacial score (nSPS) is 17.9. The molecule has 0 bridgehead atoms. The Morgan fingerprint density at radius 3 is 2.74 bits per heavy atom. The van der Waals surface area contributed by atoms with Crippen LogP contribution in [0.3, 0.4) is 0 Å². The van der Waals surface area contributed by atoms with Crippen LogP contribution in [0.4, 0.5) is 20.2 Å². The molecule has 0 radical (unpaired) electrons. The molecule has 204 valence electrons. The number of para-hydroxylation sites is 1. The summed E-state index contributed by atoms with van der Waals surface area (Å²) in [5.74, 6) is -1.03. The second-order valence-corrected chi connectivity index (χ2v) is 10.5. The van der Waals surface area contributed by atoms with Crippen molar-refractivity contribution in [1.29, 1.82) is 0 Å². The fourth-order valence-corrected chi connectivity index (χ4v) is 4.92. The third-order valence-electron chi connectivity index (χ3n) is 6.62. The van der Waals surface area contributed by atoms with Crippen LogP contribution in [0.2, 0.25) is 0 Å². The van der Waals surface area contributed by atoms with Crippen molar-refractivity contribution in [1.82, 2.24) is 4.98 Å². The van der Waals surface area contributed by atoms with Gasteiger partial charge in [0.1, 0.15) is 53.0 Å². The third kappa shape index (κ3) is 4.94. The van der Waals surface area contributed by atoms with Gasteiger partial charge in [0.05, 0.1) is 18.0 Å². The molecule has 5 rings (SSSR count). The Kier molecular flexibility index (Phi) is 6.57. The lowest BCUT2D eigenvalue weighted by atomic mass is 9.85. The molecular weight excluding hydrogens is 508 g/mol. The summed E-state index contributed by atoms with van der Waals surface area (Å²) in [6.07, 6.45) is 0.512. The molecule has 8 nitrogen and oxygen atoms in total. The van der Waals surface area contributed by atoms with Crippen molar-refractivity contribution in [3.8, 4) is 11.5 Å². The Hall–Kier alpha value is -4.34. The molecule has 0 saturated heterocycles. The molecule has 1 unspecified atom stereocenters. The molecule has 2 N–H and O–H groups in total. The first kappa shape index (κ1) is 26.3. The molecule has 1 amide bonds. The van der Waals surface area contributed by atoms with Crippen LogP contribution >= 0.6 is 0 Å². The van der Waals surface area contributed by atoms with Gasteiger partial charge in [-0.25, -0.2) is 13.8 Å². The number of hydrogen-bond donors (Lipinski definition) is 2. The number of aromatic hydroxyl groups is 1. The molecule has 2 aromatic carbocycles. The Labute approximate surface area is 224 Å². The highest BCUT2D eigenvalue weighted by Crippen LogP contribution is 2.50. The van der Waals surface area contributed by atoms with Crippen LogP contribution in [-0.2, 0) is 4.74 Å². The second kappa shape index (κ2) is 9.76. The molecular formula is C29H29F2N3O5. The number of allylic oxidation sites excluding steroid dienone is 1. The lowest BCUT2D eigenvalue weighted by Crippen LogP contribution is -2.39. The Bertz CT molecular complexity index is 1510. The zero-order chi connectivity index (χ0) is 28.1. The van der Waals surface area contributed by atoms with Crippen LogP contribution in [0.1, 0.15) is 54.0 Å². The average Bonchev–Trinajstić information content (AvgIpc) is 3.13. The fourth-order valence-electron chi connectivity index (χ4n) is 4.92. The van der Waals surface area contributed by atoms with Crippen molar-refractivity contribution in [2.45, 2.75) is 40.2 Å². The third-order valence-corrected chi connectivity index (χ3v) is 6.62. The van der Waals surface area contributed by atoms with Crippen molar-refractivity contribution in [2.75, 3.05) is 23.4 Å². The number of carbonyl (C=O) groups excluding carboxylic acids is 1. The lowest BCUT2D eigenvalue weighted by Gasteiger charge is -2.37. The van der Waals surface area contributed by atoms with Gasteiger partial charge in [-0.15, -0.1) is 0 Å². The molecule has 2 aliphatic heterocycles. The molecule has 0 saturated carbocycles. The smallest absolute Gasteiger partial charge is 0.281 e. The van der Waals surface area contributed by atoms with E-state index in [9.17, 15) is 14.3 Å². The van der Waals surface area contributed by atoms with Gasteiger partial charge >= 0.3 is 0 Å². The summed E-state index contributed by atoms with van der Waals surface area (Å²) in [6.45, 7) is 10.4. The summed E-state index contributed by atoms with van der Waals surface area (Å²) in [5, 5.41) is 14.1. The minimum absolute atomic E-state index is 0.0498. The molecule has 2 aliphatic rings. The summed E-state index contributed by atoms with van der Waals surface area (Å²) in [5.41, 5.74) is 1.07. The van der Waals surface area contributed by atoms with E-state index < -0.39 is 30.2 Å². The first-order valence-corrected chi connectivity index (χ1v) is 12.4. The molecule has 39 heavy (non-hydrogen) atoms. The van der Waals surface area contributed by atoms with Gasteiger partial charge in [-0.2, -0.15) is 0 Å². The SMILES string of the molecule is C=C(F)COc1ccc(C2C3=C(CC(C)(C)CO3)Nc3c(O)cccc3N2C(=O)c2nc(C)oc2C)c(F)c1. The summed E-state index contributed by atoms with van der Waals surface area (Å²) < 4.78 is 46.1. The second-order valence-electron chi connectivity index (χ2n) is 10.5. The van der Waals surface area contributed by atoms with Crippen molar-refractivity contribution in [2.24, 2.45) is 5.41 Å². The summed E-state index contributed by atoms with van der Waals surface area (Å²) in [4.78, 5) is 19.9. The van der Waals surface area contributed by atoms with E-state index in [4.69, 9.17) is 13.9 Å². The number of hydrogen-bond acceptors (Lipinski definition) is 7. The molecule has 0 spiro atoms. The highest BCUT2D eigenvalue weighted by Gasteiger charge is 2.43. The highest BCUT2D eigenvalue weighted by atomic mass is 19.1. The Morgan fingerprint density at radius 1 is 1.31 bits per heavy atom. The number of nitrogens with zero attached hydrogens (tertiary/aromatic N) is 2. The number of nitrogens with one attached hydrogen (secondary N) is 1. The van der Waals surface area contributed by atoms with Crippen LogP contribution in [0.15, 0.2) is 64.7 Å². The quantitative estimate of drug-likeness (QED) is 0.360. The Morgan fingerprint density at radius 2 is 2.08 bits per heavy atom. The molecule has 1 atom stereocenters. The maximum atomic E-state index is 15.9. The first-order valence-electron chi connectivity index (χ1n) is 12.4. The Balaban J connectivity index is 1.74. The number of ether oxygens (including phenoxy) is 2. The van der Waals surface area contributed by atoms with Crippen molar-refractivity contribution < 1.29 is 32.6 Å². The topological polar surface area (TPSA) is 97.1 Å². The minimum Gasteiger partial charge on any atom is -0.506 e. The van der Waals surface area contributed by atoms with Crippen LogP contribution in [0.5, 0.6) is 11.5 Å². The number of benzene rings is 2. The number of phenols is 1. The zero-order valence-electron chi connectivity index (χ0n) is 22.1. The van der Waals surface area contributed by atoms with Gasteiger partial charge in [-0.3, -0.25) is 9.69 Å². The van der Waals surface area contributed by atoms with E-state index in [1.165, 1.54) is 23.1 Å². The van der Waals surface area contributed by atoms with Crippen LogP contribution in [-0.4, -0.2) is 29.2 Å². The van der Waals surface area contributed by atoms with Crippen LogP contribution in [0, 0.1) is 25.1 Å². The largest absolute Gasteiger partial charge is 0.506 e.